The van der Waals surface area contributed by atoms with E-state index in [2.05, 4.69) is 25.9 Å². The lowest BCUT2D eigenvalue weighted by Crippen LogP contribution is -2.03. The van der Waals surface area contributed by atoms with Crippen LogP contribution in [0.2, 0.25) is 0 Å². The van der Waals surface area contributed by atoms with E-state index in [1.807, 2.05) is 24.3 Å². The second-order valence-electron chi connectivity index (χ2n) is 3.47. The smallest absolute Gasteiger partial charge is 0.321 e. The molecule has 0 radical (unpaired) electrons. The van der Waals surface area contributed by atoms with Crippen LogP contribution in [0.15, 0.2) is 41.1 Å². The molecule has 0 unspecified atom stereocenters. The van der Waals surface area contributed by atoms with Crippen LogP contribution < -0.4 is 10.5 Å². The van der Waals surface area contributed by atoms with Gasteiger partial charge in [0.15, 0.2) is 0 Å². The van der Waals surface area contributed by atoms with Gasteiger partial charge in [-0.3, -0.25) is 0 Å². The van der Waals surface area contributed by atoms with Gasteiger partial charge < -0.3 is 10.5 Å². The minimum Gasteiger partial charge on any atom is -0.424 e. The Bertz CT molecular complexity index is 487. The third-order valence-corrected chi connectivity index (χ3v) is 2.61. The lowest BCUT2D eigenvalue weighted by molar-refractivity contribution is 0.440. The summed E-state index contributed by atoms with van der Waals surface area (Å²) in [5.41, 5.74) is 6.46. The highest BCUT2D eigenvalue weighted by Gasteiger charge is 2.01. The fraction of sp³-hybridized carbons (Fsp3) is 0.167. The van der Waals surface area contributed by atoms with Crippen molar-refractivity contribution < 1.29 is 4.74 Å². The molecule has 0 aliphatic rings. The fourth-order valence-electron chi connectivity index (χ4n) is 1.33. The zero-order chi connectivity index (χ0) is 12.1. The molecule has 0 aliphatic heterocycles. The van der Waals surface area contributed by atoms with Crippen LogP contribution in [-0.2, 0) is 6.42 Å². The Balaban J connectivity index is 2.08. The van der Waals surface area contributed by atoms with Crippen molar-refractivity contribution in [1.29, 1.82) is 0 Å². The maximum absolute atomic E-state index is 5.51. The molecule has 5 heteroatoms. The number of halogens is 1. The predicted octanol–water partition coefficient (Wildman–Crippen LogP) is 2.53. The molecule has 0 aliphatic carbocycles. The van der Waals surface area contributed by atoms with Crippen molar-refractivity contribution in [3.63, 3.8) is 0 Å². The molecule has 1 aromatic heterocycles. The maximum atomic E-state index is 5.51. The highest BCUT2D eigenvalue weighted by Crippen LogP contribution is 2.21. The van der Waals surface area contributed by atoms with E-state index in [1.54, 1.807) is 12.4 Å². The topological polar surface area (TPSA) is 61.0 Å². The number of nitrogens with zero attached hydrogens (tertiary/aromatic N) is 2. The summed E-state index contributed by atoms with van der Waals surface area (Å²) in [6.45, 7) is 0.592. The SMILES string of the molecule is NCCc1cnc(Oc2cccc(Br)c2)nc1. The third kappa shape index (κ3) is 3.51. The summed E-state index contributed by atoms with van der Waals surface area (Å²) in [6, 6.07) is 7.86. The molecule has 0 saturated heterocycles. The lowest BCUT2D eigenvalue weighted by atomic mass is 10.2. The lowest BCUT2D eigenvalue weighted by Gasteiger charge is -2.04. The van der Waals surface area contributed by atoms with E-state index in [0.29, 0.717) is 18.3 Å². The Labute approximate surface area is 108 Å². The van der Waals surface area contributed by atoms with Gasteiger partial charge in [-0.1, -0.05) is 22.0 Å². The molecular weight excluding hydrogens is 282 g/mol. The first-order valence-corrected chi connectivity index (χ1v) is 6.01. The van der Waals surface area contributed by atoms with Gasteiger partial charge in [0.25, 0.3) is 0 Å². The third-order valence-electron chi connectivity index (χ3n) is 2.12. The van der Waals surface area contributed by atoms with Crippen LogP contribution in [0.5, 0.6) is 11.8 Å². The molecule has 0 spiro atoms. The van der Waals surface area contributed by atoms with Gasteiger partial charge in [0.05, 0.1) is 0 Å². The van der Waals surface area contributed by atoms with E-state index in [0.717, 1.165) is 16.5 Å². The van der Waals surface area contributed by atoms with E-state index in [1.165, 1.54) is 0 Å². The highest BCUT2D eigenvalue weighted by molar-refractivity contribution is 9.10. The quantitative estimate of drug-likeness (QED) is 0.941. The number of aromatic nitrogens is 2. The van der Waals surface area contributed by atoms with Gasteiger partial charge in [0, 0.05) is 16.9 Å². The van der Waals surface area contributed by atoms with Crippen LogP contribution in [0.4, 0.5) is 0 Å². The molecular formula is C12H12BrN3O. The van der Waals surface area contributed by atoms with E-state index >= 15 is 0 Å². The minimum absolute atomic E-state index is 0.337. The Kier molecular flexibility index (Phi) is 4.06. The van der Waals surface area contributed by atoms with Crippen molar-refractivity contribution >= 4 is 15.9 Å². The van der Waals surface area contributed by atoms with Crippen LogP contribution in [-0.4, -0.2) is 16.5 Å². The van der Waals surface area contributed by atoms with Gasteiger partial charge in [-0.05, 0) is 36.7 Å². The van der Waals surface area contributed by atoms with Crippen LogP contribution in [0.1, 0.15) is 5.56 Å². The standard InChI is InChI=1S/C12H12BrN3O/c13-10-2-1-3-11(6-10)17-12-15-7-9(4-5-14)8-16-12/h1-3,6-8H,4-5,14H2. The van der Waals surface area contributed by atoms with Gasteiger partial charge in [-0.2, -0.15) is 0 Å². The predicted molar refractivity (Wildman–Crippen MR) is 69.0 cm³/mol. The molecule has 2 rings (SSSR count). The minimum atomic E-state index is 0.337. The summed E-state index contributed by atoms with van der Waals surface area (Å²) < 4.78 is 6.46. The molecule has 2 N–H and O–H groups in total. The first kappa shape index (κ1) is 12.0. The first-order chi connectivity index (χ1) is 8.28. The van der Waals surface area contributed by atoms with E-state index in [9.17, 15) is 0 Å². The summed E-state index contributed by atoms with van der Waals surface area (Å²) in [4.78, 5) is 8.24. The Morgan fingerprint density at radius 1 is 1.24 bits per heavy atom. The summed E-state index contributed by atoms with van der Waals surface area (Å²) in [6.07, 6.45) is 4.23. The average molecular weight is 294 g/mol. The van der Waals surface area contributed by atoms with Crippen LogP contribution in [0.3, 0.4) is 0 Å². The molecule has 1 heterocycles. The molecule has 88 valence electrons. The first-order valence-electron chi connectivity index (χ1n) is 5.22. The average Bonchev–Trinajstić information content (AvgIpc) is 2.32. The Morgan fingerprint density at radius 3 is 2.65 bits per heavy atom. The summed E-state index contributed by atoms with van der Waals surface area (Å²) in [5, 5.41) is 0. The number of ether oxygens (including phenoxy) is 1. The largest absolute Gasteiger partial charge is 0.424 e. The number of hydrogen-bond acceptors (Lipinski definition) is 4. The molecule has 0 bridgehead atoms. The number of benzene rings is 1. The molecule has 0 atom stereocenters. The van der Waals surface area contributed by atoms with Crippen molar-refractivity contribution in [2.75, 3.05) is 6.54 Å². The maximum Gasteiger partial charge on any atom is 0.321 e. The second kappa shape index (κ2) is 5.75. The van der Waals surface area contributed by atoms with Crippen LogP contribution in [0, 0.1) is 0 Å². The van der Waals surface area contributed by atoms with E-state index in [4.69, 9.17) is 10.5 Å². The van der Waals surface area contributed by atoms with Gasteiger partial charge in [-0.25, -0.2) is 9.97 Å². The van der Waals surface area contributed by atoms with E-state index in [-0.39, 0.29) is 0 Å². The van der Waals surface area contributed by atoms with E-state index < -0.39 is 0 Å². The van der Waals surface area contributed by atoms with Gasteiger partial charge in [-0.15, -0.1) is 0 Å². The summed E-state index contributed by atoms with van der Waals surface area (Å²) in [7, 11) is 0. The second-order valence-corrected chi connectivity index (χ2v) is 4.39. The molecule has 0 amide bonds. The van der Waals surface area contributed by atoms with Gasteiger partial charge in [0.2, 0.25) is 0 Å². The molecule has 2 aromatic rings. The zero-order valence-electron chi connectivity index (χ0n) is 9.14. The molecule has 4 nitrogen and oxygen atoms in total. The fourth-order valence-corrected chi connectivity index (χ4v) is 1.71. The molecule has 17 heavy (non-hydrogen) atoms. The normalized spacial score (nSPS) is 10.2. The number of rotatable bonds is 4. The number of nitrogens with two attached hydrogens (primary N) is 1. The van der Waals surface area contributed by atoms with Gasteiger partial charge in [0.1, 0.15) is 5.75 Å². The van der Waals surface area contributed by atoms with Crippen molar-refractivity contribution in [2.24, 2.45) is 5.73 Å². The van der Waals surface area contributed by atoms with Crippen molar-refractivity contribution in [3.05, 3.63) is 46.7 Å². The molecule has 0 fully saturated rings. The zero-order valence-corrected chi connectivity index (χ0v) is 10.7. The number of hydrogen-bond donors (Lipinski definition) is 1. The summed E-state index contributed by atoms with van der Waals surface area (Å²) in [5.74, 6) is 0.700. The molecule has 0 saturated carbocycles. The molecule has 1 aromatic carbocycles. The Hall–Kier alpha value is -1.46. The van der Waals surface area contributed by atoms with Crippen molar-refractivity contribution in [2.45, 2.75) is 6.42 Å². The highest BCUT2D eigenvalue weighted by atomic mass is 79.9. The summed E-state index contributed by atoms with van der Waals surface area (Å²) >= 11 is 3.37. The van der Waals surface area contributed by atoms with Crippen LogP contribution in [0.25, 0.3) is 0 Å². The monoisotopic (exact) mass is 293 g/mol. The van der Waals surface area contributed by atoms with Crippen LogP contribution >= 0.6 is 15.9 Å². The van der Waals surface area contributed by atoms with Crippen molar-refractivity contribution in [3.8, 4) is 11.8 Å². The van der Waals surface area contributed by atoms with Gasteiger partial charge >= 0.3 is 6.01 Å². The Morgan fingerprint density at radius 2 is 2.00 bits per heavy atom. The van der Waals surface area contributed by atoms with Crippen molar-refractivity contribution in [1.82, 2.24) is 9.97 Å².